The van der Waals surface area contributed by atoms with E-state index in [0.717, 1.165) is 22.4 Å². The molecule has 1 heterocycles. The summed E-state index contributed by atoms with van der Waals surface area (Å²) in [5.41, 5.74) is 4.27. The lowest BCUT2D eigenvalue weighted by molar-refractivity contribution is -0.130. The Morgan fingerprint density at radius 3 is 2.39 bits per heavy atom. The number of rotatable bonds is 7. The molecule has 0 aliphatic carbocycles. The van der Waals surface area contributed by atoms with Gasteiger partial charge in [0.25, 0.3) is 0 Å². The Morgan fingerprint density at radius 1 is 1.07 bits per heavy atom. The van der Waals surface area contributed by atoms with Gasteiger partial charge in [0.15, 0.2) is 0 Å². The SMILES string of the molecule is Cc1cccc(C)c1-n1nnnc1SCC(=O)N(Cc1ccccc1)C(C)C. The van der Waals surface area contributed by atoms with E-state index in [-0.39, 0.29) is 17.7 Å². The summed E-state index contributed by atoms with van der Waals surface area (Å²) >= 11 is 1.37. The highest BCUT2D eigenvalue weighted by molar-refractivity contribution is 7.99. The molecular formula is C21H25N5OS. The smallest absolute Gasteiger partial charge is 0.233 e. The first-order chi connectivity index (χ1) is 13.5. The number of amides is 1. The molecule has 3 rings (SSSR count). The van der Waals surface area contributed by atoms with Crippen LogP contribution in [-0.4, -0.2) is 42.8 Å². The zero-order valence-corrected chi connectivity index (χ0v) is 17.5. The fourth-order valence-electron chi connectivity index (χ4n) is 3.10. The molecule has 1 amide bonds. The molecule has 0 radical (unpaired) electrons. The van der Waals surface area contributed by atoms with Gasteiger partial charge in [-0.2, -0.15) is 4.68 Å². The molecule has 7 heteroatoms. The number of carbonyl (C=O) groups excluding carboxylic acids is 1. The third kappa shape index (κ3) is 4.59. The molecule has 0 atom stereocenters. The lowest BCUT2D eigenvalue weighted by atomic mass is 10.1. The number of hydrogen-bond acceptors (Lipinski definition) is 5. The zero-order chi connectivity index (χ0) is 20.1. The van der Waals surface area contributed by atoms with E-state index in [1.807, 2.05) is 81.1 Å². The number of carbonyl (C=O) groups is 1. The van der Waals surface area contributed by atoms with Crippen LogP contribution in [-0.2, 0) is 11.3 Å². The van der Waals surface area contributed by atoms with Crippen molar-refractivity contribution in [1.82, 2.24) is 25.1 Å². The van der Waals surface area contributed by atoms with E-state index in [1.165, 1.54) is 11.8 Å². The van der Waals surface area contributed by atoms with E-state index in [9.17, 15) is 4.79 Å². The number of hydrogen-bond donors (Lipinski definition) is 0. The van der Waals surface area contributed by atoms with Gasteiger partial charge in [-0.3, -0.25) is 4.79 Å². The molecule has 0 N–H and O–H groups in total. The lowest BCUT2D eigenvalue weighted by Crippen LogP contribution is -2.37. The van der Waals surface area contributed by atoms with Crippen LogP contribution in [0.4, 0.5) is 0 Å². The molecule has 0 aliphatic rings. The summed E-state index contributed by atoms with van der Waals surface area (Å²) < 4.78 is 1.72. The minimum Gasteiger partial charge on any atom is -0.335 e. The highest BCUT2D eigenvalue weighted by Gasteiger charge is 2.20. The highest BCUT2D eigenvalue weighted by atomic mass is 32.2. The Labute approximate surface area is 169 Å². The van der Waals surface area contributed by atoms with Crippen LogP contribution in [0.15, 0.2) is 53.7 Å². The molecular weight excluding hydrogens is 370 g/mol. The fourth-order valence-corrected chi connectivity index (χ4v) is 3.86. The number of nitrogens with zero attached hydrogens (tertiary/aromatic N) is 5. The van der Waals surface area contributed by atoms with E-state index >= 15 is 0 Å². The number of benzene rings is 2. The molecule has 3 aromatic rings. The van der Waals surface area contributed by atoms with Crippen LogP contribution < -0.4 is 0 Å². The van der Waals surface area contributed by atoms with Gasteiger partial charge in [0.05, 0.1) is 11.4 Å². The van der Waals surface area contributed by atoms with Crippen LogP contribution in [0, 0.1) is 13.8 Å². The molecule has 146 valence electrons. The Bertz CT molecular complexity index is 919. The zero-order valence-electron chi connectivity index (χ0n) is 16.7. The van der Waals surface area contributed by atoms with Crippen molar-refractivity contribution < 1.29 is 4.79 Å². The van der Waals surface area contributed by atoms with Crippen molar-refractivity contribution in [2.45, 2.75) is 45.4 Å². The average Bonchev–Trinajstić information content (AvgIpc) is 3.13. The number of para-hydroxylation sites is 1. The number of aryl methyl sites for hydroxylation is 2. The molecule has 0 fully saturated rings. The number of thioether (sulfide) groups is 1. The summed E-state index contributed by atoms with van der Waals surface area (Å²) in [5.74, 6) is 0.357. The predicted octanol–water partition coefficient (Wildman–Crippen LogP) is 3.81. The van der Waals surface area contributed by atoms with E-state index in [1.54, 1.807) is 4.68 Å². The van der Waals surface area contributed by atoms with Crippen LogP contribution in [0.2, 0.25) is 0 Å². The Kier molecular flexibility index (Phi) is 6.46. The topological polar surface area (TPSA) is 63.9 Å². The van der Waals surface area contributed by atoms with Crippen molar-refractivity contribution in [3.8, 4) is 5.69 Å². The molecule has 6 nitrogen and oxygen atoms in total. The Hall–Kier alpha value is -2.67. The summed E-state index contributed by atoms with van der Waals surface area (Å²) in [6.45, 7) is 8.73. The van der Waals surface area contributed by atoms with Crippen molar-refractivity contribution in [3.63, 3.8) is 0 Å². The van der Waals surface area contributed by atoms with Crippen molar-refractivity contribution in [3.05, 3.63) is 65.2 Å². The van der Waals surface area contributed by atoms with E-state index in [4.69, 9.17) is 0 Å². The minimum absolute atomic E-state index is 0.0694. The van der Waals surface area contributed by atoms with Gasteiger partial charge in [0, 0.05) is 12.6 Å². The standard InChI is InChI=1S/C21H25N5OS/c1-15(2)25(13-18-11-6-5-7-12-18)19(27)14-28-21-22-23-24-26(21)20-16(3)9-8-10-17(20)4/h5-12,15H,13-14H2,1-4H3. The van der Waals surface area contributed by atoms with Gasteiger partial charge < -0.3 is 4.90 Å². The van der Waals surface area contributed by atoms with Crippen LogP contribution in [0.5, 0.6) is 0 Å². The molecule has 0 saturated heterocycles. The molecule has 0 aliphatic heterocycles. The maximum atomic E-state index is 12.9. The quantitative estimate of drug-likeness (QED) is 0.569. The molecule has 0 unspecified atom stereocenters. The summed E-state index contributed by atoms with van der Waals surface area (Å²) in [7, 11) is 0. The third-order valence-electron chi connectivity index (χ3n) is 4.56. The van der Waals surface area contributed by atoms with Gasteiger partial charge in [0.1, 0.15) is 0 Å². The van der Waals surface area contributed by atoms with Gasteiger partial charge in [-0.1, -0.05) is 60.3 Å². The van der Waals surface area contributed by atoms with Crippen LogP contribution in [0.25, 0.3) is 5.69 Å². The number of tetrazole rings is 1. The second kappa shape index (κ2) is 9.01. The third-order valence-corrected chi connectivity index (χ3v) is 5.46. The molecule has 1 aromatic heterocycles. The summed E-state index contributed by atoms with van der Waals surface area (Å²) in [6.07, 6.45) is 0. The summed E-state index contributed by atoms with van der Waals surface area (Å²) in [5, 5.41) is 12.7. The second-order valence-corrected chi connectivity index (χ2v) is 7.95. The van der Waals surface area contributed by atoms with Gasteiger partial charge in [0.2, 0.25) is 11.1 Å². The lowest BCUT2D eigenvalue weighted by Gasteiger charge is -2.26. The second-order valence-electron chi connectivity index (χ2n) is 7.00. The van der Waals surface area contributed by atoms with Crippen molar-refractivity contribution in [2.75, 3.05) is 5.75 Å². The highest BCUT2D eigenvalue weighted by Crippen LogP contribution is 2.24. The van der Waals surface area contributed by atoms with Crippen LogP contribution >= 0.6 is 11.8 Å². The Morgan fingerprint density at radius 2 is 1.75 bits per heavy atom. The first-order valence-corrected chi connectivity index (χ1v) is 10.3. The van der Waals surface area contributed by atoms with Gasteiger partial charge in [-0.15, -0.1) is 5.10 Å². The van der Waals surface area contributed by atoms with Crippen molar-refractivity contribution >= 4 is 17.7 Å². The predicted molar refractivity (Wildman–Crippen MR) is 111 cm³/mol. The summed E-state index contributed by atoms with van der Waals surface area (Å²) in [6, 6.07) is 16.2. The first kappa shape index (κ1) is 20.1. The largest absolute Gasteiger partial charge is 0.335 e. The van der Waals surface area contributed by atoms with E-state index < -0.39 is 0 Å². The van der Waals surface area contributed by atoms with Gasteiger partial charge in [-0.05, 0) is 54.8 Å². The Balaban J connectivity index is 1.73. The maximum absolute atomic E-state index is 12.9. The minimum atomic E-state index is 0.0694. The van der Waals surface area contributed by atoms with E-state index in [0.29, 0.717) is 11.7 Å². The maximum Gasteiger partial charge on any atom is 0.233 e. The summed E-state index contributed by atoms with van der Waals surface area (Å²) in [4.78, 5) is 14.8. The van der Waals surface area contributed by atoms with Crippen molar-refractivity contribution in [1.29, 1.82) is 0 Å². The molecule has 0 saturated carbocycles. The fraction of sp³-hybridized carbons (Fsp3) is 0.333. The monoisotopic (exact) mass is 395 g/mol. The molecule has 28 heavy (non-hydrogen) atoms. The van der Waals surface area contributed by atoms with Crippen LogP contribution in [0.1, 0.15) is 30.5 Å². The average molecular weight is 396 g/mol. The van der Waals surface area contributed by atoms with Gasteiger partial charge in [-0.25, -0.2) is 0 Å². The van der Waals surface area contributed by atoms with Crippen molar-refractivity contribution in [2.24, 2.45) is 0 Å². The van der Waals surface area contributed by atoms with E-state index in [2.05, 4.69) is 15.5 Å². The van der Waals surface area contributed by atoms with Crippen LogP contribution in [0.3, 0.4) is 0 Å². The van der Waals surface area contributed by atoms with Gasteiger partial charge >= 0.3 is 0 Å². The molecule has 2 aromatic carbocycles. The molecule has 0 spiro atoms. The normalized spacial score (nSPS) is 11.0. The molecule has 0 bridgehead atoms. The first-order valence-electron chi connectivity index (χ1n) is 9.28. The number of aromatic nitrogens is 4.